The van der Waals surface area contributed by atoms with Gasteiger partial charge in [0.05, 0.1) is 5.54 Å². The molecule has 2 N–H and O–H groups in total. The molecular weight excluding hydrogens is 126 g/mol. The van der Waals surface area contributed by atoms with Crippen molar-refractivity contribution in [3.63, 3.8) is 0 Å². The summed E-state index contributed by atoms with van der Waals surface area (Å²) in [5, 5.41) is 0. The zero-order valence-electron chi connectivity index (χ0n) is 6.68. The Morgan fingerprint density at radius 3 is 2.40 bits per heavy atom. The summed E-state index contributed by atoms with van der Waals surface area (Å²) in [4.78, 5) is 11.2. The average Bonchev–Trinajstić information content (AvgIpc) is 2.47. The van der Waals surface area contributed by atoms with Gasteiger partial charge in [0.15, 0.2) is 5.78 Å². The van der Waals surface area contributed by atoms with E-state index in [1.54, 1.807) is 0 Å². The molecule has 0 bridgehead atoms. The van der Waals surface area contributed by atoms with Crippen molar-refractivity contribution in [3.05, 3.63) is 0 Å². The van der Waals surface area contributed by atoms with Gasteiger partial charge in [-0.25, -0.2) is 0 Å². The van der Waals surface area contributed by atoms with Gasteiger partial charge in [0.25, 0.3) is 0 Å². The highest BCUT2D eigenvalue weighted by molar-refractivity contribution is 5.91. The van der Waals surface area contributed by atoms with Gasteiger partial charge in [0.1, 0.15) is 0 Å². The molecule has 1 rings (SSSR count). The van der Waals surface area contributed by atoms with Crippen molar-refractivity contribution in [3.8, 4) is 0 Å². The molecule has 58 valence electrons. The second-order valence-electron chi connectivity index (χ2n) is 3.68. The van der Waals surface area contributed by atoms with E-state index in [9.17, 15) is 4.79 Å². The average molecular weight is 141 g/mol. The molecule has 1 saturated carbocycles. The first-order valence-corrected chi connectivity index (χ1v) is 3.87. The Bertz CT molecular complexity index is 147. The van der Waals surface area contributed by atoms with E-state index >= 15 is 0 Å². The lowest BCUT2D eigenvalue weighted by Crippen LogP contribution is -2.33. The summed E-state index contributed by atoms with van der Waals surface area (Å²) in [5.74, 6) is 0.705. The van der Waals surface area contributed by atoms with E-state index in [0.29, 0.717) is 12.3 Å². The number of carbonyl (C=O) groups excluding carboxylic acids is 1. The number of nitrogens with two attached hydrogens (primary N) is 1. The highest BCUT2D eigenvalue weighted by Crippen LogP contribution is 2.34. The van der Waals surface area contributed by atoms with Crippen LogP contribution in [0.15, 0.2) is 0 Å². The summed E-state index contributed by atoms with van der Waals surface area (Å²) in [6.45, 7) is 4.09. The number of rotatable bonds is 3. The third-order valence-electron chi connectivity index (χ3n) is 1.94. The molecule has 0 aromatic carbocycles. The number of hydrogen-bond acceptors (Lipinski definition) is 2. The van der Waals surface area contributed by atoms with Crippen LogP contribution >= 0.6 is 0 Å². The van der Waals surface area contributed by atoms with Crippen LogP contribution in [0.3, 0.4) is 0 Å². The summed E-state index contributed by atoms with van der Waals surface area (Å²) in [6.07, 6.45) is 2.45. The lowest BCUT2D eigenvalue weighted by atomic mass is 10.0. The lowest BCUT2D eigenvalue weighted by molar-refractivity contribution is -0.121. The summed E-state index contributed by atoms with van der Waals surface area (Å²) in [5.41, 5.74) is 5.29. The molecule has 2 nitrogen and oxygen atoms in total. The van der Waals surface area contributed by atoms with Gasteiger partial charge in [0, 0.05) is 6.42 Å². The van der Waals surface area contributed by atoms with Crippen molar-refractivity contribution >= 4 is 5.78 Å². The molecule has 0 unspecified atom stereocenters. The third-order valence-corrected chi connectivity index (χ3v) is 1.94. The molecule has 0 radical (unpaired) electrons. The number of Topliss-reactive ketones (excluding diaryl/α,β-unsaturated/α-hetero) is 1. The molecule has 0 aromatic rings. The zero-order chi connectivity index (χ0) is 7.78. The van der Waals surface area contributed by atoms with E-state index in [0.717, 1.165) is 12.8 Å². The molecule has 0 amide bonds. The molecule has 0 spiro atoms. The lowest BCUT2D eigenvalue weighted by Gasteiger charge is -2.08. The van der Waals surface area contributed by atoms with Gasteiger partial charge in [0.2, 0.25) is 0 Å². The molecule has 1 aliphatic carbocycles. The van der Waals surface area contributed by atoms with Crippen LogP contribution in [0.25, 0.3) is 0 Å². The number of carbonyl (C=O) groups is 1. The molecule has 0 aliphatic heterocycles. The Morgan fingerprint density at radius 1 is 1.60 bits per heavy atom. The van der Waals surface area contributed by atoms with Crippen molar-refractivity contribution in [2.45, 2.75) is 38.6 Å². The van der Waals surface area contributed by atoms with Crippen molar-refractivity contribution in [1.82, 2.24) is 0 Å². The fraction of sp³-hybridized carbons (Fsp3) is 0.875. The van der Waals surface area contributed by atoms with Crippen LogP contribution in [0.2, 0.25) is 0 Å². The van der Waals surface area contributed by atoms with Crippen LogP contribution in [0.1, 0.15) is 33.1 Å². The minimum atomic E-state index is -0.399. The number of ketones is 1. The molecule has 0 aromatic heterocycles. The first kappa shape index (κ1) is 7.73. The normalized spacial score (nSPS) is 21.2. The summed E-state index contributed by atoms with van der Waals surface area (Å²) < 4.78 is 0. The highest BCUT2D eigenvalue weighted by atomic mass is 16.1. The predicted molar refractivity (Wildman–Crippen MR) is 40.6 cm³/mol. The van der Waals surface area contributed by atoms with E-state index in [2.05, 4.69) is 0 Å². The van der Waals surface area contributed by atoms with Crippen LogP contribution in [-0.2, 0) is 4.79 Å². The van der Waals surface area contributed by atoms with Gasteiger partial charge in [-0.05, 0) is 18.8 Å². The molecule has 2 heteroatoms. The molecule has 10 heavy (non-hydrogen) atoms. The molecule has 0 atom stereocenters. The second-order valence-corrected chi connectivity index (χ2v) is 3.68. The summed E-state index contributed by atoms with van der Waals surface area (Å²) in [7, 11) is 0. The molecule has 1 fully saturated rings. The summed E-state index contributed by atoms with van der Waals surface area (Å²) in [6, 6.07) is 0. The van der Waals surface area contributed by atoms with Gasteiger partial charge in [-0.1, -0.05) is 13.8 Å². The SMILES string of the molecule is CC(C)CC(=O)C1(N)CC1. The van der Waals surface area contributed by atoms with Gasteiger partial charge >= 0.3 is 0 Å². The Kier molecular flexibility index (Phi) is 1.82. The largest absolute Gasteiger partial charge is 0.319 e. The van der Waals surface area contributed by atoms with E-state index in [4.69, 9.17) is 5.73 Å². The van der Waals surface area contributed by atoms with Crippen LogP contribution in [-0.4, -0.2) is 11.3 Å². The van der Waals surface area contributed by atoms with Crippen LogP contribution in [0, 0.1) is 5.92 Å². The maximum atomic E-state index is 11.2. The molecule has 1 aliphatic rings. The van der Waals surface area contributed by atoms with Gasteiger partial charge in [-0.3, -0.25) is 4.79 Å². The molecule has 0 saturated heterocycles. The Morgan fingerprint density at radius 2 is 2.10 bits per heavy atom. The zero-order valence-corrected chi connectivity index (χ0v) is 6.68. The fourth-order valence-electron chi connectivity index (χ4n) is 0.988. The highest BCUT2D eigenvalue weighted by Gasteiger charge is 2.44. The van der Waals surface area contributed by atoms with E-state index in [1.165, 1.54) is 0 Å². The van der Waals surface area contributed by atoms with E-state index < -0.39 is 5.54 Å². The van der Waals surface area contributed by atoms with Crippen molar-refractivity contribution in [2.75, 3.05) is 0 Å². The van der Waals surface area contributed by atoms with Gasteiger partial charge in [-0.2, -0.15) is 0 Å². The fourth-order valence-corrected chi connectivity index (χ4v) is 0.988. The second kappa shape index (κ2) is 2.35. The maximum Gasteiger partial charge on any atom is 0.152 e. The molecule has 0 heterocycles. The Balaban J connectivity index is 2.35. The monoisotopic (exact) mass is 141 g/mol. The first-order valence-electron chi connectivity index (χ1n) is 3.87. The standard InChI is InChI=1S/C8H15NO/c1-6(2)5-7(10)8(9)3-4-8/h6H,3-5,9H2,1-2H3. The van der Waals surface area contributed by atoms with Gasteiger partial charge < -0.3 is 5.73 Å². The van der Waals surface area contributed by atoms with Crippen LogP contribution in [0.4, 0.5) is 0 Å². The van der Waals surface area contributed by atoms with Crippen LogP contribution in [0.5, 0.6) is 0 Å². The molecular formula is C8H15NO. The quantitative estimate of drug-likeness (QED) is 0.639. The smallest absolute Gasteiger partial charge is 0.152 e. The predicted octanol–water partition coefficient (Wildman–Crippen LogP) is 1.09. The van der Waals surface area contributed by atoms with E-state index in [-0.39, 0.29) is 5.78 Å². The van der Waals surface area contributed by atoms with Crippen molar-refractivity contribution in [2.24, 2.45) is 11.7 Å². The number of hydrogen-bond donors (Lipinski definition) is 1. The Labute approximate surface area is 61.8 Å². The van der Waals surface area contributed by atoms with Crippen molar-refractivity contribution in [1.29, 1.82) is 0 Å². The van der Waals surface area contributed by atoms with E-state index in [1.807, 2.05) is 13.8 Å². The summed E-state index contributed by atoms with van der Waals surface area (Å²) >= 11 is 0. The maximum absolute atomic E-state index is 11.2. The third kappa shape index (κ3) is 1.57. The van der Waals surface area contributed by atoms with Crippen molar-refractivity contribution < 1.29 is 4.79 Å². The first-order chi connectivity index (χ1) is 4.54. The minimum Gasteiger partial charge on any atom is -0.319 e. The Hall–Kier alpha value is -0.370. The topological polar surface area (TPSA) is 43.1 Å². The van der Waals surface area contributed by atoms with Crippen LogP contribution < -0.4 is 5.73 Å². The van der Waals surface area contributed by atoms with Gasteiger partial charge in [-0.15, -0.1) is 0 Å². The minimum absolute atomic E-state index is 0.252.